The van der Waals surface area contributed by atoms with Gasteiger partial charge in [0, 0.05) is 48.0 Å². The summed E-state index contributed by atoms with van der Waals surface area (Å²) in [6.45, 7) is 5.04. The first-order valence-corrected chi connectivity index (χ1v) is 13.6. The number of benzene rings is 2. The summed E-state index contributed by atoms with van der Waals surface area (Å²) in [5.74, 6) is -5.23. The van der Waals surface area contributed by atoms with Gasteiger partial charge in [-0.25, -0.2) is 13.6 Å². The smallest absolute Gasteiger partial charge is 0.417 e. The number of hydrogen-bond donors (Lipinski definition) is 3. The predicted octanol–water partition coefficient (Wildman–Crippen LogP) is 5.84. The number of hydrogen-bond acceptors (Lipinski definition) is 5. The van der Waals surface area contributed by atoms with Crippen LogP contribution in [0, 0.1) is 18.6 Å². The van der Waals surface area contributed by atoms with Gasteiger partial charge in [0.25, 0.3) is 11.5 Å². The number of halogens is 5. The Morgan fingerprint density at radius 2 is 1.75 bits per heavy atom. The summed E-state index contributed by atoms with van der Waals surface area (Å²) >= 11 is 0. The van der Waals surface area contributed by atoms with Crippen molar-refractivity contribution in [3.63, 3.8) is 0 Å². The van der Waals surface area contributed by atoms with Crippen LogP contribution in [0.4, 0.5) is 27.6 Å². The maximum absolute atomic E-state index is 14.8. The van der Waals surface area contributed by atoms with Crippen molar-refractivity contribution in [1.29, 1.82) is 0 Å². The molecule has 0 saturated heterocycles. The van der Waals surface area contributed by atoms with Crippen molar-refractivity contribution in [2.75, 3.05) is 5.32 Å². The first-order valence-electron chi connectivity index (χ1n) is 13.6. The third-order valence-electron chi connectivity index (χ3n) is 7.43. The number of alkyl halides is 3. The Labute approximate surface area is 248 Å². The van der Waals surface area contributed by atoms with Crippen LogP contribution in [0.25, 0.3) is 22.0 Å². The maximum Gasteiger partial charge on any atom is 0.417 e. The van der Waals surface area contributed by atoms with Gasteiger partial charge in [0.2, 0.25) is 0 Å². The van der Waals surface area contributed by atoms with Crippen molar-refractivity contribution >= 4 is 28.5 Å². The zero-order valence-electron chi connectivity index (χ0n) is 24.1. The molecule has 1 amide bonds. The highest BCUT2D eigenvalue weighted by molar-refractivity contribution is 5.99. The molecule has 0 bridgehead atoms. The third kappa shape index (κ3) is 6.41. The van der Waals surface area contributed by atoms with Crippen molar-refractivity contribution in [1.82, 2.24) is 14.9 Å². The highest BCUT2D eigenvalue weighted by Crippen LogP contribution is 2.38. The average molecular weight is 617 g/mol. The molecule has 2 atom stereocenters. The minimum absolute atomic E-state index is 0.00611. The van der Waals surface area contributed by atoms with Crippen molar-refractivity contribution in [3.05, 3.63) is 93.0 Å². The normalized spacial score (nSPS) is 13.0. The summed E-state index contributed by atoms with van der Waals surface area (Å²) < 4.78 is 72.8. The second-order valence-electron chi connectivity index (χ2n) is 10.4. The standard InChI is InChI=1S/C31H29F5N4O4/c1-5-15(2)38-18-13-22(32)26(23(33)14-18)28(41)39-24(30(43)44)12-17-8-9-20(27-19(17)7-6-10-37-27)25-21(31(34,35)36)11-16(3)40(4)29(25)42/h6-11,13-15,24,38H,5,12H2,1-4H3,(H,39,41)(H,43,44)/t15-,24?/m0/s1. The highest BCUT2D eigenvalue weighted by Gasteiger charge is 2.37. The molecule has 4 rings (SSSR count). The number of aromatic nitrogens is 2. The Morgan fingerprint density at radius 1 is 1.09 bits per heavy atom. The number of carboxylic acid groups (broad SMARTS) is 1. The quantitative estimate of drug-likeness (QED) is 0.204. The molecule has 0 fully saturated rings. The highest BCUT2D eigenvalue weighted by atomic mass is 19.4. The van der Waals surface area contributed by atoms with Crippen LogP contribution in [0.3, 0.4) is 0 Å². The average Bonchev–Trinajstić information content (AvgIpc) is 2.94. The first kappa shape index (κ1) is 32.1. The molecule has 4 aromatic rings. The fourth-order valence-electron chi connectivity index (χ4n) is 4.83. The van der Waals surface area contributed by atoms with Crippen LogP contribution >= 0.6 is 0 Å². The van der Waals surface area contributed by atoms with Crippen LogP contribution in [0.15, 0.2) is 53.5 Å². The van der Waals surface area contributed by atoms with E-state index in [9.17, 15) is 41.4 Å². The molecule has 0 spiro atoms. The van der Waals surface area contributed by atoms with E-state index in [0.717, 1.165) is 22.8 Å². The fourth-order valence-corrected chi connectivity index (χ4v) is 4.83. The number of nitrogens with one attached hydrogen (secondary N) is 2. The van der Waals surface area contributed by atoms with E-state index >= 15 is 0 Å². The van der Waals surface area contributed by atoms with Crippen molar-refractivity contribution in [2.45, 2.75) is 51.9 Å². The van der Waals surface area contributed by atoms with Crippen molar-refractivity contribution < 1.29 is 36.6 Å². The summed E-state index contributed by atoms with van der Waals surface area (Å²) in [4.78, 5) is 42.3. The molecular weight excluding hydrogens is 587 g/mol. The van der Waals surface area contributed by atoms with Crippen LogP contribution in [-0.4, -0.2) is 38.6 Å². The largest absolute Gasteiger partial charge is 0.480 e. The Morgan fingerprint density at radius 3 is 2.34 bits per heavy atom. The summed E-state index contributed by atoms with van der Waals surface area (Å²) in [5, 5.41) is 15.1. The number of fused-ring (bicyclic) bond motifs is 1. The van der Waals surface area contributed by atoms with E-state index in [4.69, 9.17) is 0 Å². The van der Waals surface area contributed by atoms with E-state index in [1.165, 1.54) is 44.4 Å². The van der Waals surface area contributed by atoms with Gasteiger partial charge in [-0.3, -0.25) is 14.6 Å². The Balaban J connectivity index is 1.73. The van der Waals surface area contributed by atoms with Crippen LogP contribution < -0.4 is 16.2 Å². The monoisotopic (exact) mass is 616 g/mol. The van der Waals surface area contributed by atoms with E-state index in [0.29, 0.717) is 6.42 Å². The number of nitrogens with zero attached hydrogens (tertiary/aromatic N) is 2. The van der Waals surface area contributed by atoms with Crippen LogP contribution in [0.1, 0.15) is 47.4 Å². The molecular formula is C31H29F5N4O4. The van der Waals surface area contributed by atoms with Gasteiger partial charge in [-0.2, -0.15) is 13.2 Å². The number of rotatable bonds is 9. The lowest BCUT2D eigenvalue weighted by atomic mass is 9.93. The number of aryl methyl sites for hydroxylation is 1. The van der Waals surface area contributed by atoms with E-state index < -0.39 is 64.4 Å². The molecule has 1 unspecified atom stereocenters. The molecule has 44 heavy (non-hydrogen) atoms. The van der Waals surface area contributed by atoms with Gasteiger partial charge < -0.3 is 20.3 Å². The van der Waals surface area contributed by atoms with E-state index in [1.807, 2.05) is 6.92 Å². The lowest BCUT2D eigenvalue weighted by Gasteiger charge is -2.19. The second kappa shape index (κ2) is 12.4. The topological polar surface area (TPSA) is 113 Å². The zero-order chi connectivity index (χ0) is 32.5. The minimum atomic E-state index is -4.86. The number of aliphatic carboxylic acids is 1. The van der Waals surface area contributed by atoms with Crippen LogP contribution in [0.5, 0.6) is 0 Å². The predicted molar refractivity (Wildman–Crippen MR) is 154 cm³/mol. The maximum atomic E-state index is 14.8. The Bertz CT molecular complexity index is 1800. The van der Waals surface area contributed by atoms with Gasteiger partial charge in [-0.05, 0) is 50.1 Å². The van der Waals surface area contributed by atoms with Crippen LogP contribution in [0.2, 0.25) is 0 Å². The molecule has 2 aromatic carbocycles. The third-order valence-corrected chi connectivity index (χ3v) is 7.43. The number of carbonyl (C=O) groups is 2. The van der Waals surface area contributed by atoms with Crippen molar-refractivity contribution in [3.8, 4) is 11.1 Å². The van der Waals surface area contributed by atoms with Gasteiger partial charge >= 0.3 is 12.1 Å². The molecule has 2 aromatic heterocycles. The SMILES string of the molecule is CC[C@H](C)Nc1cc(F)c(C(=O)NC(Cc2ccc(-c3c(C(F)(F)F)cc(C)n(C)c3=O)c3ncccc23)C(=O)O)c(F)c1. The molecule has 8 nitrogen and oxygen atoms in total. The molecule has 2 heterocycles. The van der Waals surface area contributed by atoms with E-state index in [1.54, 1.807) is 6.92 Å². The molecule has 0 saturated carbocycles. The minimum Gasteiger partial charge on any atom is -0.480 e. The summed E-state index contributed by atoms with van der Waals surface area (Å²) in [6, 6.07) is 6.46. The first-order chi connectivity index (χ1) is 20.6. The molecule has 232 valence electrons. The number of carboxylic acids is 1. The second-order valence-corrected chi connectivity index (χ2v) is 10.4. The lowest BCUT2D eigenvalue weighted by molar-refractivity contribution is -0.139. The van der Waals surface area contributed by atoms with E-state index in [-0.39, 0.29) is 39.5 Å². The molecule has 3 N–H and O–H groups in total. The fraction of sp³-hybridized carbons (Fsp3) is 0.290. The number of amides is 1. The van der Waals surface area contributed by atoms with E-state index in [2.05, 4.69) is 15.6 Å². The van der Waals surface area contributed by atoms with Gasteiger partial charge in [0.15, 0.2) is 0 Å². The van der Waals surface area contributed by atoms with Gasteiger partial charge in [0.05, 0.1) is 16.6 Å². The zero-order valence-corrected chi connectivity index (χ0v) is 24.1. The number of anilines is 1. The number of carbonyl (C=O) groups excluding carboxylic acids is 1. The lowest BCUT2D eigenvalue weighted by Crippen LogP contribution is -2.43. The number of pyridine rings is 2. The van der Waals surface area contributed by atoms with Crippen LogP contribution in [-0.2, 0) is 24.4 Å². The molecule has 0 aliphatic carbocycles. The Kier molecular flexibility index (Phi) is 9.07. The van der Waals surface area contributed by atoms with Gasteiger partial charge in [0.1, 0.15) is 23.2 Å². The molecule has 0 aliphatic rings. The molecule has 0 radical (unpaired) electrons. The van der Waals surface area contributed by atoms with Crippen molar-refractivity contribution in [2.24, 2.45) is 7.05 Å². The summed E-state index contributed by atoms with van der Waals surface area (Å²) in [7, 11) is 1.34. The summed E-state index contributed by atoms with van der Waals surface area (Å²) in [5.41, 5.74) is -3.33. The van der Waals surface area contributed by atoms with Gasteiger partial charge in [-0.1, -0.05) is 25.1 Å². The van der Waals surface area contributed by atoms with Gasteiger partial charge in [-0.15, -0.1) is 0 Å². The molecule has 13 heteroatoms. The Hall–Kier alpha value is -4.81. The molecule has 0 aliphatic heterocycles. The summed E-state index contributed by atoms with van der Waals surface area (Å²) in [6.07, 6.45) is -3.30.